The van der Waals surface area contributed by atoms with E-state index in [9.17, 15) is 4.79 Å². The number of nitrogens with one attached hydrogen (secondary N) is 1. The van der Waals surface area contributed by atoms with E-state index in [0.717, 1.165) is 60.9 Å². The van der Waals surface area contributed by atoms with Gasteiger partial charge in [-0.2, -0.15) is 0 Å². The van der Waals surface area contributed by atoms with Gasteiger partial charge >= 0.3 is 0 Å². The second-order valence-corrected chi connectivity index (χ2v) is 6.93. The van der Waals surface area contributed by atoms with E-state index in [1.165, 1.54) is 0 Å². The fourth-order valence-electron chi connectivity index (χ4n) is 3.40. The molecule has 0 radical (unpaired) electrons. The van der Waals surface area contributed by atoms with Crippen molar-refractivity contribution in [1.82, 2.24) is 10.2 Å². The van der Waals surface area contributed by atoms with E-state index in [1.54, 1.807) is 7.11 Å². The van der Waals surface area contributed by atoms with Gasteiger partial charge in [-0.05, 0) is 60.4 Å². The SMILES string of the molecule is COc1cc(C)c(-c2cccc(C(=O)NCCN3CCOCC3)c2)cc1C. The van der Waals surface area contributed by atoms with Gasteiger partial charge < -0.3 is 14.8 Å². The number of hydrogen-bond acceptors (Lipinski definition) is 4. The number of amides is 1. The standard InChI is InChI=1S/C22H28N2O3/c1-16-14-21(26-3)17(2)13-20(16)18-5-4-6-19(15-18)22(25)23-7-8-24-9-11-27-12-10-24/h4-6,13-15H,7-12H2,1-3H3,(H,23,25). The van der Waals surface area contributed by atoms with E-state index < -0.39 is 0 Å². The van der Waals surface area contributed by atoms with Crippen molar-refractivity contribution in [2.45, 2.75) is 13.8 Å². The van der Waals surface area contributed by atoms with Crippen LogP contribution in [0.15, 0.2) is 36.4 Å². The largest absolute Gasteiger partial charge is 0.496 e. The Bertz CT molecular complexity index is 798. The minimum absolute atomic E-state index is 0.0343. The smallest absolute Gasteiger partial charge is 0.251 e. The zero-order chi connectivity index (χ0) is 19.2. The van der Waals surface area contributed by atoms with Crippen molar-refractivity contribution in [2.24, 2.45) is 0 Å². The molecule has 5 nitrogen and oxygen atoms in total. The summed E-state index contributed by atoms with van der Waals surface area (Å²) >= 11 is 0. The minimum Gasteiger partial charge on any atom is -0.496 e. The molecule has 27 heavy (non-hydrogen) atoms. The predicted octanol–water partition coefficient (Wildman–Crippen LogP) is 3.04. The molecule has 5 heteroatoms. The number of carbonyl (C=O) groups excluding carboxylic acids is 1. The third kappa shape index (κ3) is 4.87. The van der Waals surface area contributed by atoms with Crippen LogP contribution in [0.5, 0.6) is 5.75 Å². The first kappa shape index (κ1) is 19.4. The zero-order valence-corrected chi connectivity index (χ0v) is 16.4. The Hall–Kier alpha value is -2.37. The highest BCUT2D eigenvalue weighted by Crippen LogP contribution is 2.30. The quantitative estimate of drug-likeness (QED) is 0.852. The van der Waals surface area contributed by atoms with E-state index in [0.29, 0.717) is 12.1 Å². The first-order chi connectivity index (χ1) is 13.1. The summed E-state index contributed by atoms with van der Waals surface area (Å²) in [5, 5.41) is 3.03. The number of nitrogens with zero attached hydrogens (tertiary/aromatic N) is 1. The van der Waals surface area contributed by atoms with E-state index in [-0.39, 0.29) is 5.91 Å². The van der Waals surface area contributed by atoms with Crippen LogP contribution < -0.4 is 10.1 Å². The molecular formula is C22H28N2O3. The van der Waals surface area contributed by atoms with E-state index >= 15 is 0 Å². The van der Waals surface area contributed by atoms with Crippen molar-refractivity contribution < 1.29 is 14.3 Å². The molecule has 1 saturated heterocycles. The number of hydrogen-bond donors (Lipinski definition) is 1. The van der Waals surface area contributed by atoms with Crippen LogP contribution in [-0.4, -0.2) is 57.3 Å². The van der Waals surface area contributed by atoms with Gasteiger partial charge in [0.15, 0.2) is 0 Å². The lowest BCUT2D eigenvalue weighted by molar-refractivity contribution is 0.0383. The highest BCUT2D eigenvalue weighted by molar-refractivity contribution is 5.95. The molecule has 2 aromatic rings. The van der Waals surface area contributed by atoms with Gasteiger partial charge in [0.05, 0.1) is 20.3 Å². The number of morpholine rings is 1. The summed E-state index contributed by atoms with van der Waals surface area (Å²) in [7, 11) is 1.68. The van der Waals surface area contributed by atoms with Crippen LogP contribution >= 0.6 is 0 Å². The number of methoxy groups -OCH3 is 1. The Balaban J connectivity index is 1.68. The van der Waals surface area contributed by atoms with E-state index in [1.807, 2.05) is 37.3 Å². The topological polar surface area (TPSA) is 50.8 Å². The summed E-state index contributed by atoms with van der Waals surface area (Å²) in [6.45, 7) is 9.00. The van der Waals surface area contributed by atoms with Crippen LogP contribution in [0.3, 0.4) is 0 Å². The average molecular weight is 368 g/mol. The summed E-state index contributed by atoms with van der Waals surface area (Å²) in [5.74, 6) is 0.848. The van der Waals surface area contributed by atoms with Gasteiger partial charge in [0.2, 0.25) is 0 Å². The van der Waals surface area contributed by atoms with Gasteiger partial charge in [-0.1, -0.05) is 12.1 Å². The molecule has 1 amide bonds. The lowest BCUT2D eigenvalue weighted by atomic mass is 9.96. The molecule has 0 aliphatic carbocycles. The Morgan fingerprint density at radius 3 is 2.67 bits per heavy atom. The summed E-state index contributed by atoms with van der Waals surface area (Å²) in [4.78, 5) is 14.9. The minimum atomic E-state index is -0.0343. The Morgan fingerprint density at radius 1 is 1.15 bits per heavy atom. The maximum absolute atomic E-state index is 12.5. The van der Waals surface area contributed by atoms with Gasteiger partial charge in [-0.25, -0.2) is 0 Å². The van der Waals surface area contributed by atoms with Crippen LogP contribution in [0, 0.1) is 13.8 Å². The van der Waals surface area contributed by atoms with E-state index in [2.05, 4.69) is 23.2 Å². The molecule has 0 atom stereocenters. The van der Waals surface area contributed by atoms with Crippen LogP contribution in [0.2, 0.25) is 0 Å². The zero-order valence-electron chi connectivity index (χ0n) is 16.4. The van der Waals surface area contributed by atoms with Gasteiger partial charge in [0.1, 0.15) is 5.75 Å². The maximum Gasteiger partial charge on any atom is 0.251 e. The molecule has 1 fully saturated rings. The summed E-state index contributed by atoms with van der Waals surface area (Å²) in [6.07, 6.45) is 0. The van der Waals surface area contributed by atoms with Crippen molar-refractivity contribution in [3.8, 4) is 16.9 Å². The number of carbonyl (C=O) groups is 1. The number of aryl methyl sites for hydroxylation is 2. The monoisotopic (exact) mass is 368 g/mol. The molecule has 0 bridgehead atoms. The van der Waals surface area contributed by atoms with Crippen molar-refractivity contribution in [1.29, 1.82) is 0 Å². The third-order valence-electron chi connectivity index (χ3n) is 4.99. The molecule has 1 aliphatic heterocycles. The highest BCUT2D eigenvalue weighted by atomic mass is 16.5. The molecule has 2 aromatic carbocycles. The second-order valence-electron chi connectivity index (χ2n) is 6.93. The first-order valence-electron chi connectivity index (χ1n) is 9.42. The molecular weight excluding hydrogens is 340 g/mol. The Labute approximate surface area is 161 Å². The second kappa shape index (κ2) is 9.02. The molecule has 1 N–H and O–H groups in total. The summed E-state index contributed by atoms with van der Waals surface area (Å²) < 4.78 is 10.7. The van der Waals surface area contributed by atoms with Crippen molar-refractivity contribution >= 4 is 5.91 Å². The molecule has 0 spiro atoms. The van der Waals surface area contributed by atoms with Crippen molar-refractivity contribution in [3.63, 3.8) is 0 Å². The lowest BCUT2D eigenvalue weighted by Crippen LogP contribution is -2.41. The highest BCUT2D eigenvalue weighted by Gasteiger charge is 2.12. The summed E-state index contributed by atoms with van der Waals surface area (Å²) in [5.41, 5.74) is 5.05. The average Bonchev–Trinajstić information content (AvgIpc) is 2.70. The van der Waals surface area contributed by atoms with Gasteiger partial charge in [0, 0.05) is 31.7 Å². The molecule has 0 unspecified atom stereocenters. The predicted molar refractivity (Wildman–Crippen MR) is 107 cm³/mol. The van der Waals surface area contributed by atoms with Gasteiger partial charge in [-0.3, -0.25) is 9.69 Å². The van der Waals surface area contributed by atoms with Crippen LogP contribution in [0.1, 0.15) is 21.5 Å². The lowest BCUT2D eigenvalue weighted by Gasteiger charge is -2.26. The van der Waals surface area contributed by atoms with Crippen LogP contribution in [0.4, 0.5) is 0 Å². The van der Waals surface area contributed by atoms with Crippen molar-refractivity contribution in [2.75, 3.05) is 46.5 Å². The summed E-state index contributed by atoms with van der Waals surface area (Å²) in [6, 6.07) is 11.9. The number of benzene rings is 2. The molecule has 1 aliphatic rings. The molecule has 0 aromatic heterocycles. The number of ether oxygens (including phenoxy) is 2. The first-order valence-corrected chi connectivity index (χ1v) is 9.42. The Morgan fingerprint density at radius 2 is 1.93 bits per heavy atom. The third-order valence-corrected chi connectivity index (χ3v) is 4.99. The fraction of sp³-hybridized carbons (Fsp3) is 0.409. The van der Waals surface area contributed by atoms with Gasteiger partial charge in [0.25, 0.3) is 5.91 Å². The molecule has 0 saturated carbocycles. The number of rotatable bonds is 6. The van der Waals surface area contributed by atoms with Gasteiger partial charge in [-0.15, -0.1) is 0 Å². The molecule has 144 valence electrons. The fourth-order valence-corrected chi connectivity index (χ4v) is 3.40. The normalized spacial score (nSPS) is 14.8. The Kier molecular flexibility index (Phi) is 6.48. The molecule has 3 rings (SSSR count). The van der Waals surface area contributed by atoms with E-state index in [4.69, 9.17) is 9.47 Å². The van der Waals surface area contributed by atoms with Crippen LogP contribution in [-0.2, 0) is 4.74 Å². The maximum atomic E-state index is 12.5. The van der Waals surface area contributed by atoms with Crippen molar-refractivity contribution in [3.05, 3.63) is 53.1 Å². The van der Waals surface area contributed by atoms with Crippen LogP contribution in [0.25, 0.3) is 11.1 Å². The molecule has 1 heterocycles.